The molecule has 6 nitrogen and oxygen atoms in total. The Bertz CT molecular complexity index is 1200. The topological polar surface area (TPSA) is 95.9 Å². The molecule has 74 heavy (non-hydrogen) atoms. The number of amides is 1. The predicted octanol–water partition coefficient (Wildman–Crippen LogP) is 21.1. The van der Waals surface area contributed by atoms with Crippen LogP contribution in [-0.4, -0.2) is 47.4 Å². The number of carbonyl (C=O) groups is 2. The maximum Gasteiger partial charge on any atom is 0.305 e. The van der Waals surface area contributed by atoms with E-state index in [0.717, 1.165) is 44.9 Å². The van der Waals surface area contributed by atoms with Crippen molar-refractivity contribution in [2.45, 2.75) is 373 Å². The summed E-state index contributed by atoms with van der Waals surface area (Å²) in [6.07, 6.45) is 80.9. The highest BCUT2D eigenvalue weighted by atomic mass is 16.5. The molecular weight excluding hydrogens is 911 g/mol. The summed E-state index contributed by atoms with van der Waals surface area (Å²) in [5.74, 6) is -0.0567. The smallest absolute Gasteiger partial charge is 0.305 e. The molecule has 0 spiro atoms. The van der Waals surface area contributed by atoms with Crippen molar-refractivity contribution in [1.29, 1.82) is 0 Å². The minimum absolute atomic E-state index is 0.0106. The number of allylic oxidation sites excluding steroid dienone is 5. The molecule has 0 aromatic heterocycles. The Morgan fingerprint density at radius 1 is 0.365 bits per heavy atom. The van der Waals surface area contributed by atoms with E-state index in [1.807, 2.05) is 6.08 Å². The molecule has 0 bridgehead atoms. The van der Waals surface area contributed by atoms with Crippen LogP contribution in [0.5, 0.6) is 0 Å². The zero-order chi connectivity index (χ0) is 53.6. The highest BCUT2D eigenvalue weighted by Gasteiger charge is 2.18. The Morgan fingerprint density at radius 2 is 0.635 bits per heavy atom. The van der Waals surface area contributed by atoms with Crippen LogP contribution in [0.2, 0.25) is 0 Å². The van der Waals surface area contributed by atoms with Crippen molar-refractivity contribution in [2.24, 2.45) is 0 Å². The second kappa shape index (κ2) is 63.6. The summed E-state index contributed by atoms with van der Waals surface area (Å²) in [7, 11) is 0. The van der Waals surface area contributed by atoms with Gasteiger partial charge in [0.15, 0.2) is 0 Å². The summed E-state index contributed by atoms with van der Waals surface area (Å²) in [4.78, 5) is 24.5. The number of hydrogen-bond donors (Lipinski definition) is 3. The molecule has 0 saturated carbocycles. The number of hydrogen-bond acceptors (Lipinski definition) is 5. The van der Waals surface area contributed by atoms with Crippen LogP contribution in [0.25, 0.3) is 0 Å². The number of esters is 1. The summed E-state index contributed by atoms with van der Waals surface area (Å²) in [6, 6.07) is -0.624. The number of ether oxygens (including phenoxy) is 1. The average Bonchev–Trinajstić information content (AvgIpc) is 3.40. The lowest BCUT2D eigenvalue weighted by atomic mass is 10.0. The van der Waals surface area contributed by atoms with Crippen LogP contribution in [0.1, 0.15) is 361 Å². The van der Waals surface area contributed by atoms with E-state index in [2.05, 4.69) is 43.5 Å². The van der Waals surface area contributed by atoms with Crippen molar-refractivity contribution in [2.75, 3.05) is 13.2 Å². The quantitative estimate of drug-likeness (QED) is 0.0320. The molecule has 0 aliphatic carbocycles. The van der Waals surface area contributed by atoms with Gasteiger partial charge in [-0.2, -0.15) is 0 Å². The van der Waals surface area contributed by atoms with Gasteiger partial charge in [0.2, 0.25) is 5.91 Å². The van der Waals surface area contributed by atoms with E-state index in [4.69, 9.17) is 4.74 Å². The molecule has 0 aromatic rings. The average molecular weight is 1040 g/mol. The molecular formula is C68H129NO5. The molecule has 6 heteroatoms. The van der Waals surface area contributed by atoms with Crippen molar-refractivity contribution >= 4 is 11.9 Å². The first-order chi connectivity index (χ1) is 36.5. The second-order valence-corrected chi connectivity index (χ2v) is 22.8. The molecule has 0 heterocycles. The van der Waals surface area contributed by atoms with Gasteiger partial charge in [-0.25, -0.2) is 0 Å². The van der Waals surface area contributed by atoms with Gasteiger partial charge in [0.05, 0.1) is 25.4 Å². The molecule has 0 aliphatic rings. The molecule has 0 aromatic carbocycles. The summed E-state index contributed by atoms with van der Waals surface area (Å²) < 4.78 is 5.49. The normalized spacial score (nSPS) is 12.8. The standard InChI is InChI=1S/C68H129NO5/c1-3-5-7-9-11-13-14-15-16-36-39-42-46-50-54-58-62-68(73)74-63-59-55-51-47-43-40-37-34-32-30-28-26-24-22-20-18-17-19-21-23-25-27-29-31-33-35-38-41-45-49-53-57-61-67(72)69-65(64-70)66(71)60-56-52-48-44-12-10-8-6-4-2/h16,20,22,36,56,60,65-66,70-71H,3-15,17-19,21,23-35,37-55,57-59,61-64H2,1-2H3,(H,69,72)/b22-20-,36-16-,60-56+. The maximum atomic E-state index is 12.4. The van der Waals surface area contributed by atoms with Crippen LogP contribution >= 0.6 is 0 Å². The highest BCUT2D eigenvalue weighted by molar-refractivity contribution is 5.76. The van der Waals surface area contributed by atoms with Gasteiger partial charge in [-0.3, -0.25) is 9.59 Å². The van der Waals surface area contributed by atoms with Gasteiger partial charge < -0.3 is 20.3 Å². The fourth-order valence-electron chi connectivity index (χ4n) is 10.3. The van der Waals surface area contributed by atoms with Crippen molar-refractivity contribution in [1.82, 2.24) is 5.32 Å². The van der Waals surface area contributed by atoms with Crippen molar-refractivity contribution in [3.8, 4) is 0 Å². The molecule has 436 valence electrons. The molecule has 2 atom stereocenters. The van der Waals surface area contributed by atoms with E-state index in [1.165, 1.54) is 289 Å². The minimum Gasteiger partial charge on any atom is -0.466 e. The van der Waals surface area contributed by atoms with E-state index in [1.54, 1.807) is 6.08 Å². The number of aliphatic hydroxyl groups excluding tert-OH is 2. The number of carbonyl (C=O) groups excluding carboxylic acids is 2. The predicted molar refractivity (Wildman–Crippen MR) is 324 cm³/mol. The van der Waals surface area contributed by atoms with Crippen LogP contribution in [0.3, 0.4) is 0 Å². The number of unbranched alkanes of at least 4 members (excludes halogenated alkanes) is 47. The first-order valence-corrected chi connectivity index (χ1v) is 33.3. The van der Waals surface area contributed by atoms with Gasteiger partial charge in [0.25, 0.3) is 0 Å². The third-order valence-electron chi connectivity index (χ3n) is 15.4. The Balaban J connectivity index is 3.33. The number of aliphatic hydroxyl groups is 2. The van der Waals surface area contributed by atoms with Gasteiger partial charge in [-0.1, -0.05) is 301 Å². The summed E-state index contributed by atoms with van der Waals surface area (Å²) >= 11 is 0. The third-order valence-corrected chi connectivity index (χ3v) is 15.4. The molecule has 0 aliphatic heterocycles. The van der Waals surface area contributed by atoms with Crippen LogP contribution in [0, 0.1) is 0 Å². The summed E-state index contributed by atoms with van der Waals surface area (Å²) in [6.45, 7) is 4.89. The molecule has 2 unspecified atom stereocenters. The largest absolute Gasteiger partial charge is 0.466 e. The van der Waals surface area contributed by atoms with E-state index >= 15 is 0 Å². The monoisotopic (exact) mass is 1040 g/mol. The first kappa shape index (κ1) is 72.1. The van der Waals surface area contributed by atoms with Gasteiger partial charge in [-0.05, 0) is 83.5 Å². The van der Waals surface area contributed by atoms with E-state index in [0.29, 0.717) is 19.4 Å². The zero-order valence-corrected chi connectivity index (χ0v) is 49.8. The fraction of sp³-hybridized carbons (Fsp3) is 0.882. The lowest BCUT2D eigenvalue weighted by molar-refractivity contribution is -0.143. The van der Waals surface area contributed by atoms with Gasteiger partial charge in [0.1, 0.15) is 0 Å². The fourth-order valence-corrected chi connectivity index (χ4v) is 10.3. The SMILES string of the molecule is CCCCCCCCC/C=C\CCCCCCCC(=O)OCCCCCCCCCCCCCC/C=C\CCCCCCCCCCCCCCCCCCC(=O)NC(CO)C(O)/C=C/CCCCCCCCC. The molecule has 1 amide bonds. The minimum atomic E-state index is -0.840. The molecule has 0 rings (SSSR count). The molecule has 0 saturated heterocycles. The highest BCUT2D eigenvalue weighted by Crippen LogP contribution is 2.17. The maximum absolute atomic E-state index is 12.4. The van der Waals surface area contributed by atoms with E-state index < -0.39 is 12.1 Å². The van der Waals surface area contributed by atoms with Gasteiger partial charge >= 0.3 is 5.97 Å². The van der Waals surface area contributed by atoms with Crippen molar-refractivity contribution in [3.63, 3.8) is 0 Å². The lowest BCUT2D eigenvalue weighted by Crippen LogP contribution is -2.45. The van der Waals surface area contributed by atoms with E-state index in [9.17, 15) is 19.8 Å². The van der Waals surface area contributed by atoms with Gasteiger partial charge in [0, 0.05) is 12.8 Å². The van der Waals surface area contributed by atoms with Crippen LogP contribution in [-0.2, 0) is 14.3 Å². The molecule has 3 N–H and O–H groups in total. The van der Waals surface area contributed by atoms with E-state index in [-0.39, 0.29) is 18.5 Å². The Labute approximate surface area is 462 Å². The summed E-state index contributed by atoms with van der Waals surface area (Å²) in [5, 5.41) is 23.0. The Kier molecular flexibility index (Phi) is 62.0. The Morgan fingerprint density at radius 3 is 0.959 bits per heavy atom. The number of rotatable bonds is 62. The van der Waals surface area contributed by atoms with Gasteiger partial charge in [-0.15, -0.1) is 0 Å². The second-order valence-electron chi connectivity index (χ2n) is 22.8. The Hall–Kier alpha value is -1.92. The zero-order valence-electron chi connectivity index (χ0n) is 49.8. The van der Waals surface area contributed by atoms with Crippen LogP contribution in [0.15, 0.2) is 36.5 Å². The van der Waals surface area contributed by atoms with Crippen molar-refractivity contribution < 1.29 is 24.5 Å². The number of nitrogens with one attached hydrogen (secondary N) is 1. The van der Waals surface area contributed by atoms with Crippen LogP contribution in [0.4, 0.5) is 0 Å². The first-order valence-electron chi connectivity index (χ1n) is 33.3. The third kappa shape index (κ3) is 59.3. The lowest BCUT2D eigenvalue weighted by Gasteiger charge is -2.20. The molecule has 0 radical (unpaired) electrons. The summed E-state index contributed by atoms with van der Waals surface area (Å²) in [5.41, 5.74) is 0. The molecule has 0 fully saturated rings. The van der Waals surface area contributed by atoms with Crippen molar-refractivity contribution in [3.05, 3.63) is 36.5 Å². The van der Waals surface area contributed by atoms with Crippen LogP contribution < -0.4 is 5.32 Å².